The van der Waals surface area contributed by atoms with Crippen molar-refractivity contribution >= 4 is 55.4 Å². The number of nitro groups is 1. The highest BCUT2D eigenvalue weighted by Gasteiger charge is 2.50. The minimum atomic E-state index is -4.68. The molecular weight excluding hydrogens is 915 g/mol. The van der Waals surface area contributed by atoms with Crippen LogP contribution in [0.5, 0.6) is 11.6 Å². The zero-order valence-corrected chi connectivity index (χ0v) is 40.1. The molecule has 5 fully saturated rings. The number of ether oxygens (including phenoxy) is 4. The van der Waals surface area contributed by atoms with Crippen LogP contribution in [-0.4, -0.2) is 137 Å². The number of nitro benzene ring substituents is 1. The van der Waals surface area contributed by atoms with E-state index in [0.717, 1.165) is 62.7 Å². The Labute approximate surface area is 406 Å². The molecule has 7 heterocycles. The number of benzene rings is 3. The number of likely N-dealkylation sites (N-methyl/N-ethyl adjacent to an activating group) is 1. The molecule has 368 valence electrons. The molecule has 2 aromatic heterocycles. The van der Waals surface area contributed by atoms with Crippen LogP contribution < -0.4 is 29.3 Å². The first-order chi connectivity index (χ1) is 34.0. The number of anilines is 4. The first-order valence-electron chi connectivity index (χ1n) is 24.8. The van der Waals surface area contributed by atoms with Gasteiger partial charge in [0, 0.05) is 80.8 Å². The number of fused-ring (bicyclic) bond motifs is 3. The van der Waals surface area contributed by atoms with Gasteiger partial charge in [0.05, 0.1) is 53.5 Å². The maximum absolute atomic E-state index is 14.6. The van der Waals surface area contributed by atoms with Crippen LogP contribution in [0.2, 0.25) is 0 Å². The van der Waals surface area contributed by atoms with E-state index < -0.39 is 43.6 Å². The number of aromatic nitrogens is 2. The zero-order valence-electron chi connectivity index (χ0n) is 39.3. The van der Waals surface area contributed by atoms with Gasteiger partial charge in [-0.05, 0) is 105 Å². The molecule has 2 aliphatic carbocycles. The number of piperazine rings is 1. The molecule has 7 aliphatic rings. The highest BCUT2D eigenvalue weighted by molar-refractivity contribution is 7.90. The van der Waals surface area contributed by atoms with E-state index in [-0.39, 0.29) is 35.6 Å². The molecule has 0 radical (unpaired) electrons. The van der Waals surface area contributed by atoms with E-state index >= 15 is 0 Å². The van der Waals surface area contributed by atoms with Gasteiger partial charge in [-0.15, -0.1) is 0 Å². The average Bonchev–Trinajstić information content (AvgIpc) is 4.15. The number of pyridine rings is 1. The summed E-state index contributed by atoms with van der Waals surface area (Å²) in [4.78, 5) is 43.5. The van der Waals surface area contributed by atoms with Crippen LogP contribution in [0.15, 0.2) is 77.8 Å². The second-order valence-corrected chi connectivity index (χ2v) is 22.0. The second kappa shape index (κ2) is 18.0. The summed E-state index contributed by atoms with van der Waals surface area (Å²) in [7, 11) is -2.42. The first kappa shape index (κ1) is 45.2. The Kier molecular flexibility index (Phi) is 11.6. The zero-order chi connectivity index (χ0) is 47.7. The van der Waals surface area contributed by atoms with Crippen LogP contribution in [-0.2, 0) is 19.5 Å². The van der Waals surface area contributed by atoms with Gasteiger partial charge in [-0.2, -0.15) is 4.98 Å². The molecule has 12 rings (SSSR count). The molecule has 3 atom stereocenters. The second-order valence-electron chi connectivity index (χ2n) is 20.3. The van der Waals surface area contributed by atoms with Crippen molar-refractivity contribution in [1.29, 1.82) is 0 Å². The van der Waals surface area contributed by atoms with Gasteiger partial charge < -0.3 is 43.9 Å². The SMILES string of the molecule is CN1CCN(C2CC3(CCN(c4ccc(C(=O)NS(=O)(=O)c5cc6c(c([N+](=O)[O-])c5)NC(C5COCCO5)CO6)c(N5CCCOc6nc7[nH]ccc7cc65)c4)CC3)C2)C(c2ccccc2C2CC2)C1. The summed E-state index contributed by atoms with van der Waals surface area (Å²) in [5.41, 5.74) is 5.71. The number of amides is 1. The number of piperidine rings is 1. The number of carbonyl (C=O) groups is 1. The maximum atomic E-state index is 14.6. The molecule has 19 heteroatoms. The van der Waals surface area contributed by atoms with Gasteiger partial charge >= 0.3 is 0 Å². The van der Waals surface area contributed by atoms with Crippen LogP contribution in [0.1, 0.15) is 78.4 Å². The monoisotopic (exact) mass is 973 g/mol. The van der Waals surface area contributed by atoms with Gasteiger partial charge in [-0.3, -0.25) is 19.8 Å². The van der Waals surface area contributed by atoms with Crippen LogP contribution in [0.25, 0.3) is 11.0 Å². The number of sulfonamides is 1. The number of rotatable bonds is 10. The molecule has 3 aromatic carbocycles. The number of hydrogen-bond acceptors (Lipinski definition) is 15. The lowest BCUT2D eigenvalue weighted by Crippen LogP contribution is -2.59. The van der Waals surface area contributed by atoms with Gasteiger partial charge in [-0.1, -0.05) is 24.3 Å². The molecule has 2 saturated carbocycles. The number of nitrogens with one attached hydrogen (secondary N) is 3. The minimum Gasteiger partial charge on any atom is -0.489 e. The molecule has 3 saturated heterocycles. The molecule has 1 spiro atoms. The summed E-state index contributed by atoms with van der Waals surface area (Å²) < 4.78 is 54.1. The Morgan fingerprint density at radius 3 is 2.53 bits per heavy atom. The van der Waals surface area contributed by atoms with Crippen LogP contribution in [0.4, 0.5) is 28.4 Å². The molecule has 70 heavy (non-hydrogen) atoms. The number of carbonyl (C=O) groups excluding carboxylic acids is 1. The smallest absolute Gasteiger partial charge is 0.297 e. The topological polar surface area (TPSA) is 197 Å². The molecular formula is C51H59N9O9S. The number of aromatic amines is 1. The van der Waals surface area contributed by atoms with E-state index in [1.54, 1.807) is 17.8 Å². The summed E-state index contributed by atoms with van der Waals surface area (Å²) in [5.74, 6) is 0.192. The standard InChI is InChI=1S/C51H59N9O9S/c1-56-18-19-58(44(29-56)38-6-3-2-5-37(38)32-7-8-32)35-27-51(28-35)12-16-57(17-13-51)34-9-10-39(41(24-34)59-15-4-20-68-50-43(59)23-33-11-14-52-48(33)54-50)49(61)55-70(64,65)36-25-42(60(62)63)47-45(26-36)69-30-40(53-47)46-31-66-21-22-67-46/h2-3,5-6,9-11,14,23-26,32,35,40,44,46,53H,4,7-8,12-13,15-22,27-31H2,1H3,(H,52,54)(H,55,61). The van der Waals surface area contributed by atoms with Gasteiger partial charge in [0.15, 0.2) is 11.4 Å². The molecule has 3 N–H and O–H groups in total. The maximum Gasteiger partial charge on any atom is 0.297 e. The van der Waals surface area contributed by atoms with E-state index in [1.165, 1.54) is 37.3 Å². The van der Waals surface area contributed by atoms with Gasteiger partial charge in [0.1, 0.15) is 24.0 Å². The minimum absolute atomic E-state index is 0.0244. The van der Waals surface area contributed by atoms with Crippen LogP contribution >= 0.6 is 0 Å². The summed E-state index contributed by atoms with van der Waals surface area (Å²) in [6.45, 7) is 6.94. The van der Waals surface area contributed by atoms with Crippen molar-refractivity contribution in [3.05, 3.63) is 99.7 Å². The van der Waals surface area contributed by atoms with Crippen molar-refractivity contribution in [3.8, 4) is 11.6 Å². The summed E-state index contributed by atoms with van der Waals surface area (Å²) in [6, 6.07) is 21.2. The van der Waals surface area contributed by atoms with Crippen molar-refractivity contribution in [2.24, 2.45) is 5.41 Å². The fraction of sp³-hybridized carbons (Fsp3) is 0.490. The Hall–Kier alpha value is -5.99. The third kappa shape index (κ3) is 8.48. The van der Waals surface area contributed by atoms with E-state index in [9.17, 15) is 23.3 Å². The summed E-state index contributed by atoms with van der Waals surface area (Å²) in [5, 5.41) is 16.4. The van der Waals surface area contributed by atoms with E-state index in [2.05, 4.69) is 61.0 Å². The Morgan fingerprint density at radius 2 is 1.74 bits per heavy atom. The average molecular weight is 974 g/mol. The lowest BCUT2D eigenvalue weighted by atomic mass is 9.59. The van der Waals surface area contributed by atoms with E-state index in [1.807, 2.05) is 29.2 Å². The summed E-state index contributed by atoms with van der Waals surface area (Å²) in [6.07, 6.45) is 9.09. The Bertz CT molecular complexity index is 2940. The quantitative estimate of drug-likeness (QED) is 0.0986. The fourth-order valence-electron chi connectivity index (χ4n) is 11.9. The highest BCUT2D eigenvalue weighted by atomic mass is 32.2. The fourth-order valence-corrected chi connectivity index (χ4v) is 12.9. The number of hydrogen-bond donors (Lipinski definition) is 3. The van der Waals surface area contributed by atoms with Gasteiger partial charge in [0.2, 0.25) is 5.88 Å². The highest BCUT2D eigenvalue weighted by Crippen LogP contribution is 2.54. The molecule has 5 aliphatic heterocycles. The third-order valence-corrected chi connectivity index (χ3v) is 17.2. The molecule has 5 aromatic rings. The third-order valence-electron chi connectivity index (χ3n) is 15.9. The molecule has 3 unspecified atom stereocenters. The molecule has 18 nitrogen and oxygen atoms in total. The number of nitrogens with zero attached hydrogens (tertiary/aromatic N) is 6. The van der Waals surface area contributed by atoms with Gasteiger partial charge in [-0.25, -0.2) is 13.1 Å². The number of H-pyrrole nitrogens is 1. The predicted molar refractivity (Wildman–Crippen MR) is 263 cm³/mol. The largest absolute Gasteiger partial charge is 0.489 e. The van der Waals surface area contributed by atoms with Crippen molar-refractivity contribution in [3.63, 3.8) is 0 Å². The lowest BCUT2D eigenvalue weighted by Gasteiger charge is -2.58. The normalized spacial score (nSPS) is 24.1. The lowest BCUT2D eigenvalue weighted by molar-refractivity contribution is -0.384. The Balaban J connectivity index is 0.807. The predicted octanol–water partition coefficient (Wildman–Crippen LogP) is 6.71. The van der Waals surface area contributed by atoms with Crippen LogP contribution in [0.3, 0.4) is 0 Å². The summed E-state index contributed by atoms with van der Waals surface area (Å²) >= 11 is 0. The van der Waals surface area contributed by atoms with E-state index in [4.69, 9.17) is 23.9 Å². The van der Waals surface area contributed by atoms with Crippen molar-refractivity contribution < 1.29 is 37.1 Å². The van der Waals surface area contributed by atoms with Crippen molar-refractivity contribution in [2.45, 2.75) is 80.0 Å². The van der Waals surface area contributed by atoms with Crippen molar-refractivity contribution in [2.75, 3.05) is 94.5 Å². The van der Waals surface area contributed by atoms with Gasteiger partial charge in [0.25, 0.3) is 21.6 Å². The van der Waals surface area contributed by atoms with Crippen LogP contribution in [0, 0.1) is 15.5 Å². The van der Waals surface area contributed by atoms with Crippen molar-refractivity contribution in [1.82, 2.24) is 24.5 Å². The Morgan fingerprint density at radius 1 is 0.914 bits per heavy atom. The molecule has 0 bridgehead atoms. The molecule has 1 amide bonds. The first-order valence-corrected chi connectivity index (χ1v) is 26.3. The van der Waals surface area contributed by atoms with E-state index in [0.29, 0.717) is 73.7 Å².